The second-order valence-electron chi connectivity index (χ2n) is 5.36. The van der Waals surface area contributed by atoms with Gasteiger partial charge in [-0.05, 0) is 53.9 Å². The van der Waals surface area contributed by atoms with Crippen molar-refractivity contribution >= 4 is 22.4 Å². The molecule has 1 N–H and O–H groups in total. The molecule has 0 saturated carbocycles. The monoisotopic (exact) mass is 275 g/mol. The molecule has 2 nitrogen and oxygen atoms in total. The number of rotatable bonds is 2. The van der Waals surface area contributed by atoms with Crippen LogP contribution < -0.4 is 5.32 Å². The van der Waals surface area contributed by atoms with E-state index in [1.54, 1.807) is 0 Å². The van der Waals surface area contributed by atoms with Crippen molar-refractivity contribution in [2.24, 2.45) is 0 Å². The van der Waals surface area contributed by atoms with Crippen molar-refractivity contribution in [2.75, 3.05) is 5.32 Å². The minimum absolute atomic E-state index is 0.0724. The summed E-state index contributed by atoms with van der Waals surface area (Å²) in [6.45, 7) is 4.06. The van der Waals surface area contributed by atoms with Crippen LogP contribution in [-0.2, 0) is 0 Å². The van der Waals surface area contributed by atoms with Crippen LogP contribution >= 0.6 is 0 Å². The third-order valence-corrected chi connectivity index (χ3v) is 3.51. The molecule has 3 aromatic rings. The highest BCUT2D eigenvalue weighted by Crippen LogP contribution is 2.20. The van der Waals surface area contributed by atoms with Crippen LogP contribution in [-0.4, -0.2) is 5.91 Å². The fraction of sp³-hybridized carbons (Fsp3) is 0.105. The highest BCUT2D eigenvalue weighted by atomic mass is 16.1. The Labute approximate surface area is 124 Å². The van der Waals surface area contributed by atoms with Gasteiger partial charge in [0.15, 0.2) is 0 Å². The lowest BCUT2D eigenvalue weighted by molar-refractivity contribution is 0.102. The lowest BCUT2D eigenvalue weighted by Crippen LogP contribution is -2.12. The molecule has 2 heteroatoms. The van der Waals surface area contributed by atoms with Crippen LogP contribution in [0.5, 0.6) is 0 Å². The van der Waals surface area contributed by atoms with Gasteiger partial charge in [0.05, 0.1) is 0 Å². The van der Waals surface area contributed by atoms with Crippen molar-refractivity contribution < 1.29 is 4.79 Å². The standard InChI is InChI=1S/C19H17NO/c1-13-10-14(2)12-16(11-13)20-19(21)18-9-5-7-15-6-3-4-8-17(15)18/h3-12H,1-2H3,(H,20,21). The summed E-state index contributed by atoms with van der Waals surface area (Å²) >= 11 is 0. The van der Waals surface area contributed by atoms with Crippen molar-refractivity contribution in [1.29, 1.82) is 0 Å². The first-order chi connectivity index (χ1) is 10.1. The van der Waals surface area contributed by atoms with Gasteiger partial charge in [0, 0.05) is 11.3 Å². The molecule has 3 aromatic carbocycles. The summed E-state index contributed by atoms with van der Waals surface area (Å²) < 4.78 is 0. The van der Waals surface area contributed by atoms with Crippen molar-refractivity contribution in [1.82, 2.24) is 0 Å². The maximum absolute atomic E-state index is 12.5. The van der Waals surface area contributed by atoms with Gasteiger partial charge >= 0.3 is 0 Å². The topological polar surface area (TPSA) is 29.1 Å². The molecule has 1 amide bonds. The Hall–Kier alpha value is -2.61. The second kappa shape index (κ2) is 5.41. The van der Waals surface area contributed by atoms with E-state index in [1.165, 1.54) is 0 Å². The number of benzene rings is 3. The quantitative estimate of drug-likeness (QED) is 0.721. The van der Waals surface area contributed by atoms with Crippen molar-refractivity contribution in [2.45, 2.75) is 13.8 Å². The average Bonchev–Trinajstić information content (AvgIpc) is 2.45. The fourth-order valence-electron chi connectivity index (χ4n) is 2.67. The number of amides is 1. The molecule has 0 atom stereocenters. The van der Waals surface area contributed by atoms with Crippen LogP contribution in [0, 0.1) is 13.8 Å². The van der Waals surface area contributed by atoms with E-state index < -0.39 is 0 Å². The molecule has 3 rings (SSSR count). The molecule has 0 aliphatic carbocycles. The molecule has 0 radical (unpaired) electrons. The molecule has 0 saturated heterocycles. The number of nitrogens with one attached hydrogen (secondary N) is 1. The fourth-order valence-corrected chi connectivity index (χ4v) is 2.67. The highest BCUT2D eigenvalue weighted by molar-refractivity contribution is 6.12. The number of hydrogen-bond donors (Lipinski definition) is 1. The minimum Gasteiger partial charge on any atom is -0.322 e. The van der Waals surface area contributed by atoms with Gasteiger partial charge < -0.3 is 5.32 Å². The molecular weight excluding hydrogens is 258 g/mol. The average molecular weight is 275 g/mol. The van der Waals surface area contributed by atoms with E-state index in [0.29, 0.717) is 5.56 Å². The molecule has 104 valence electrons. The van der Waals surface area contributed by atoms with E-state index in [-0.39, 0.29) is 5.91 Å². The third kappa shape index (κ3) is 2.79. The first-order valence-electron chi connectivity index (χ1n) is 7.01. The van der Waals surface area contributed by atoms with Crippen LogP contribution in [0.25, 0.3) is 10.8 Å². The smallest absolute Gasteiger partial charge is 0.256 e. The molecule has 0 unspecified atom stereocenters. The molecule has 0 aliphatic heterocycles. The van der Waals surface area contributed by atoms with E-state index in [1.807, 2.05) is 68.4 Å². The Kier molecular flexibility index (Phi) is 3.44. The van der Waals surface area contributed by atoms with Gasteiger partial charge in [0.2, 0.25) is 0 Å². The summed E-state index contributed by atoms with van der Waals surface area (Å²) in [4.78, 5) is 12.5. The lowest BCUT2D eigenvalue weighted by atomic mass is 10.0. The maximum Gasteiger partial charge on any atom is 0.256 e. The van der Waals surface area contributed by atoms with Crippen LogP contribution in [0.1, 0.15) is 21.5 Å². The van der Waals surface area contributed by atoms with Crippen LogP contribution in [0.2, 0.25) is 0 Å². The van der Waals surface area contributed by atoms with Gasteiger partial charge in [-0.15, -0.1) is 0 Å². The third-order valence-electron chi connectivity index (χ3n) is 3.51. The SMILES string of the molecule is Cc1cc(C)cc(NC(=O)c2cccc3ccccc23)c1. The van der Waals surface area contributed by atoms with E-state index >= 15 is 0 Å². The largest absolute Gasteiger partial charge is 0.322 e. The summed E-state index contributed by atoms with van der Waals surface area (Å²) in [6, 6.07) is 19.8. The normalized spacial score (nSPS) is 10.6. The summed E-state index contributed by atoms with van der Waals surface area (Å²) in [5.74, 6) is -0.0724. The molecular formula is C19H17NO. The maximum atomic E-state index is 12.5. The zero-order valence-electron chi connectivity index (χ0n) is 12.2. The number of anilines is 1. The number of hydrogen-bond acceptors (Lipinski definition) is 1. The molecule has 0 aromatic heterocycles. The Morgan fingerprint density at radius 2 is 1.52 bits per heavy atom. The first-order valence-corrected chi connectivity index (χ1v) is 7.01. The van der Waals surface area contributed by atoms with Crippen LogP contribution in [0.4, 0.5) is 5.69 Å². The summed E-state index contributed by atoms with van der Waals surface area (Å²) in [6.07, 6.45) is 0. The molecule has 21 heavy (non-hydrogen) atoms. The predicted octanol–water partition coefficient (Wildman–Crippen LogP) is 4.71. The minimum atomic E-state index is -0.0724. The zero-order valence-corrected chi connectivity index (χ0v) is 12.2. The van der Waals surface area contributed by atoms with Gasteiger partial charge in [0.1, 0.15) is 0 Å². The van der Waals surface area contributed by atoms with Gasteiger partial charge in [-0.3, -0.25) is 4.79 Å². The predicted molar refractivity (Wildman–Crippen MR) is 87.8 cm³/mol. The Bertz CT molecular complexity index is 795. The Morgan fingerprint density at radius 1 is 0.857 bits per heavy atom. The molecule has 0 bridgehead atoms. The Morgan fingerprint density at radius 3 is 2.29 bits per heavy atom. The Balaban J connectivity index is 1.97. The van der Waals surface area contributed by atoms with Crippen LogP contribution in [0.15, 0.2) is 60.7 Å². The van der Waals surface area contributed by atoms with E-state index in [9.17, 15) is 4.79 Å². The molecule has 0 aliphatic rings. The molecule has 0 spiro atoms. The van der Waals surface area contributed by atoms with Gasteiger partial charge in [-0.25, -0.2) is 0 Å². The first kappa shape index (κ1) is 13.4. The zero-order chi connectivity index (χ0) is 14.8. The second-order valence-corrected chi connectivity index (χ2v) is 5.36. The molecule has 0 heterocycles. The van der Waals surface area contributed by atoms with Crippen LogP contribution in [0.3, 0.4) is 0 Å². The summed E-state index contributed by atoms with van der Waals surface area (Å²) in [7, 11) is 0. The summed E-state index contributed by atoms with van der Waals surface area (Å²) in [5, 5.41) is 5.04. The van der Waals surface area contributed by atoms with Gasteiger partial charge in [0.25, 0.3) is 5.91 Å². The van der Waals surface area contributed by atoms with Gasteiger partial charge in [-0.1, -0.05) is 42.5 Å². The number of aryl methyl sites for hydroxylation is 2. The number of fused-ring (bicyclic) bond motifs is 1. The van der Waals surface area contributed by atoms with E-state index in [4.69, 9.17) is 0 Å². The van der Waals surface area contributed by atoms with Crippen molar-refractivity contribution in [3.63, 3.8) is 0 Å². The van der Waals surface area contributed by atoms with Gasteiger partial charge in [-0.2, -0.15) is 0 Å². The van der Waals surface area contributed by atoms with Crippen molar-refractivity contribution in [3.8, 4) is 0 Å². The number of carbonyl (C=O) groups excluding carboxylic acids is 1. The van der Waals surface area contributed by atoms with E-state index in [2.05, 4.69) is 11.4 Å². The van der Waals surface area contributed by atoms with Crippen molar-refractivity contribution in [3.05, 3.63) is 77.4 Å². The molecule has 0 fully saturated rings. The van der Waals surface area contributed by atoms with E-state index in [0.717, 1.165) is 27.6 Å². The number of carbonyl (C=O) groups is 1. The summed E-state index contributed by atoms with van der Waals surface area (Å²) in [5.41, 5.74) is 3.82. The highest BCUT2D eigenvalue weighted by Gasteiger charge is 2.10. The lowest BCUT2D eigenvalue weighted by Gasteiger charge is -2.09.